The lowest BCUT2D eigenvalue weighted by Gasteiger charge is -2.22. The number of hydrogen-bond acceptors (Lipinski definition) is 5. The van der Waals surface area contributed by atoms with Crippen molar-refractivity contribution in [2.45, 2.75) is 25.4 Å². The summed E-state index contributed by atoms with van der Waals surface area (Å²) in [6, 6.07) is 4.44. The Morgan fingerprint density at radius 1 is 1.27 bits per heavy atom. The highest BCUT2D eigenvalue weighted by Crippen LogP contribution is 2.23. The SMILES string of the molecule is O=C(O)CCNC(=O)c1ccc(Cl)c(NC(=O)COC2CCNCC2)c1. The molecule has 0 spiro atoms. The number of piperidine rings is 1. The van der Waals surface area contributed by atoms with Crippen LogP contribution in [0.1, 0.15) is 29.6 Å². The van der Waals surface area contributed by atoms with E-state index in [1.54, 1.807) is 0 Å². The first kappa shape index (κ1) is 20.2. The fraction of sp³-hybridized carbons (Fsp3) is 0.471. The van der Waals surface area contributed by atoms with Gasteiger partial charge in [0.2, 0.25) is 5.91 Å². The Hall–Kier alpha value is -2.16. The van der Waals surface area contributed by atoms with Gasteiger partial charge in [0.05, 0.1) is 23.2 Å². The van der Waals surface area contributed by atoms with Gasteiger partial charge in [-0.15, -0.1) is 0 Å². The highest BCUT2D eigenvalue weighted by molar-refractivity contribution is 6.33. The number of carboxylic acids is 1. The first-order chi connectivity index (χ1) is 12.5. The lowest BCUT2D eigenvalue weighted by Crippen LogP contribution is -2.34. The molecule has 0 saturated carbocycles. The highest BCUT2D eigenvalue weighted by Gasteiger charge is 2.16. The Bertz CT molecular complexity index is 662. The summed E-state index contributed by atoms with van der Waals surface area (Å²) >= 11 is 6.07. The van der Waals surface area contributed by atoms with E-state index in [0.717, 1.165) is 25.9 Å². The Balaban J connectivity index is 1.88. The summed E-state index contributed by atoms with van der Waals surface area (Å²) in [7, 11) is 0. The number of amides is 2. The molecule has 1 aliphatic heterocycles. The molecule has 2 rings (SSSR count). The minimum atomic E-state index is -0.997. The van der Waals surface area contributed by atoms with E-state index >= 15 is 0 Å². The van der Waals surface area contributed by atoms with Gasteiger partial charge in [-0.2, -0.15) is 0 Å². The number of halogens is 1. The molecule has 0 aliphatic carbocycles. The van der Waals surface area contributed by atoms with Crippen LogP contribution in [-0.2, 0) is 14.3 Å². The Labute approximate surface area is 156 Å². The summed E-state index contributed by atoms with van der Waals surface area (Å²) in [5.74, 6) is -1.79. The second kappa shape index (κ2) is 10.1. The van der Waals surface area contributed by atoms with E-state index in [4.69, 9.17) is 21.4 Å². The number of nitrogens with one attached hydrogen (secondary N) is 3. The van der Waals surface area contributed by atoms with Crippen molar-refractivity contribution in [2.75, 3.05) is 31.6 Å². The number of benzene rings is 1. The molecule has 8 nitrogen and oxygen atoms in total. The van der Waals surface area contributed by atoms with Gasteiger partial charge >= 0.3 is 5.97 Å². The van der Waals surface area contributed by atoms with Gasteiger partial charge in [0.15, 0.2) is 0 Å². The van der Waals surface area contributed by atoms with Crippen LogP contribution in [0.4, 0.5) is 5.69 Å². The van der Waals surface area contributed by atoms with E-state index in [2.05, 4.69) is 16.0 Å². The Kier molecular flexibility index (Phi) is 7.83. The zero-order valence-electron chi connectivity index (χ0n) is 14.2. The highest BCUT2D eigenvalue weighted by atomic mass is 35.5. The lowest BCUT2D eigenvalue weighted by atomic mass is 10.1. The van der Waals surface area contributed by atoms with E-state index in [1.165, 1.54) is 18.2 Å². The lowest BCUT2D eigenvalue weighted by molar-refractivity contribution is -0.136. The normalized spacial score (nSPS) is 14.7. The summed E-state index contributed by atoms with van der Waals surface area (Å²) in [5, 5.41) is 17.2. The molecule has 1 aromatic carbocycles. The molecule has 1 aliphatic rings. The molecule has 1 saturated heterocycles. The van der Waals surface area contributed by atoms with Crippen LogP contribution >= 0.6 is 11.6 Å². The summed E-state index contributed by atoms with van der Waals surface area (Å²) in [4.78, 5) is 34.6. The van der Waals surface area contributed by atoms with E-state index in [0.29, 0.717) is 10.7 Å². The maximum atomic E-state index is 12.1. The van der Waals surface area contributed by atoms with Gasteiger partial charge in [-0.25, -0.2) is 0 Å². The molecule has 142 valence electrons. The Morgan fingerprint density at radius 3 is 2.69 bits per heavy atom. The monoisotopic (exact) mass is 383 g/mol. The average Bonchev–Trinajstić information content (AvgIpc) is 2.62. The number of carbonyl (C=O) groups is 3. The van der Waals surface area contributed by atoms with Crippen LogP contribution in [0.25, 0.3) is 0 Å². The van der Waals surface area contributed by atoms with Crippen molar-refractivity contribution >= 4 is 35.1 Å². The fourth-order valence-corrected chi connectivity index (χ4v) is 2.65. The molecule has 2 amide bonds. The molecule has 1 heterocycles. The second-order valence-electron chi connectivity index (χ2n) is 5.90. The van der Waals surface area contributed by atoms with Crippen LogP contribution in [0.5, 0.6) is 0 Å². The van der Waals surface area contributed by atoms with E-state index in [1.807, 2.05) is 0 Å². The van der Waals surface area contributed by atoms with Gasteiger partial charge in [-0.3, -0.25) is 14.4 Å². The number of hydrogen-bond donors (Lipinski definition) is 4. The zero-order valence-corrected chi connectivity index (χ0v) is 15.0. The summed E-state index contributed by atoms with van der Waals surface area (Å²) in [6.07, 6.45) is 1.61. The quantitative estimate of drug-likeness (QED) is 0.537. The molecule has 26 heavy (non-hydrogen) atoms. The van der Waals surface area contributed by atoms with Gasteiger partial charge in [0.1, 0.15) is 6.61 Å². The molecular formula is C17H22ClN3O5. The standard InChI is InChI=1S/C17H22ClN3O5/c18-13-2-1-11(17(25)20-8-5-16(23)24)9-14(13)21-15(22)10-26-12-3-6-19-7-4-12/h1-2,9,12,19H,3-8,10H2,(H,20,25)(H,21,22)(H,23,24). The van der Waals surface area contributed by atoms with Gasteiger partial charge in [0.25, 0.3) is 5.91 Å². The van der Waals surface area contributed by atoms with Crippen molar-refractivity contribution in [1.29, 1.82) is 0 Å². The number of carboxylic acid groups (broad SMARTS) is 1. The van der Waals surface area contributed by atoms with E-state index in [-0.39, 0.29) is 37.1 Å². The van der Waals surface area contributed by atoms with Gasteiger partial charge in [-0.05, 0) is 44.1 Å². The van der Waals surface area contributed by atoms with E-state index < -0.39 is 11.9 Å². The van der Waals surface area contributed by atoms with Crippen LogP contribution in [0.3, 0.4) is 0 Å². The minimum Gasteiger partial charge on any atom is -0.481 e. The smallest absolute Gasteiger partial charge is 0.305 e. The third-order valence-corrected chi connectivity index (χ3v) is 4.19. The van der Waals surface area contributed by atoms with Crippen LogP contribution < -0.4 is 16.0 Å². The maximum absolute atomic E-state index is 12.1. The molecule has 0 bridgehead atoms. The van der Waals surface area contributed by atoms with Gasteiger partial charge in [-0.1, -0.05) is 11.6 Å². The first-order valence-electron chi connectivity index (χ1n) is 8.37. The molecule has 0 aromatic heterocycles. The van der Waals surface area contributed by atoms with Crippen molar-refractivity contribution in [3.8, 4) is 0 Å². The van der Waals surface area contributed by atoms with Crippen LogP contribution in [0.15, 0.2) is 18.2 Å². The van der Waals surface area contributed by atoms with Crippen molar-refractivity contribution in [3.05, 3.63) is 28.8 Å². The van der Waals surface area contributed by atoms with Gasteiger partial charge in [0, 0.05) is 12.1 Å². The summed E-state index contributed by atoms with van der Waals surface area (Å²) in [6.45, 7) is 1.67. The van der Waals surface area contributed by atoms with Crippen molar-refractivity contribution < 1.29 is 24.2 Å². The third-order valence-electron chi connectivity index (χ3n) is 3.86. The van der Waals surface area contributed by atoms with E-state index in [9.17, 15) is 14.4 Å². The number of aliphatic carboxylic acids is 1. The maximum Gasteiger partial charge on any atom is 0.305 e. The topological polar surface area (TPSA) is 117 Å². The number of carbonyl (C=O) groups excluding carboxylic acids is 2. The Morgan fingerprint density at radius 2 is 2.00 bits per heavy atom. The number of ether oxygens (including phenoxy) is 1. The van der Waals surface area contributed by atoms with Crippen molar-refractivity contribution in [1.82, 2.24) is 10.6 Å². The van der Waals surface area contributed by atoms with Crippen LogP contribution in [0.2, 0.25) is 5.02 Å². The van der Waals surface area contributed by atoms with Gasteiger partial charge < -0.3 is 25.8 Å². The molecule has 9 heteroatoms. The van der Waals surface area contributed by atoms with Crippen molar-refractivity contribution in [3.63, 3.8) is 0 Å². The second-order valence-corrected chi connectivity index (χ2v) is 6.31. The predicted molar refractivity (Wildman–Crippen MR) is 96.5 cm³/mol. The molecular weight excluding hydrogens is 362 g/mol. The molecule has 0 unspecified atom stereocenters. The largest absolute Gasteiger partial charge is 0.481 e. The zero-order chi connectivity index (χ0) is 18.9. The molecule has 1 aromatic rings. The number of rotatable bonds is 8. The number of anilines is 1. The molecule has 4 N–H and O–H groups in total. The van der Waals surface area contributed by atoms with Crippen molar-refractivity contribution in [2.24, 2.45) is 0 Å². The predicted octanol–water partition coefficient (Wildman–Crippen LogP) is 1.25. The van der Waals surface area contributed by atoms with Crippen LogP contribution in [0, 0.1) is 0 Å². The summed E-state index contributed by atoms with van der Waals surface area (Å²) in [5.41, 5.74) is 0.575. The average molecular weight is 384 g/mol. The third kappa shape index (κ3) is 6.62. The van der Waals surface area contributed by atoms with Crippen LogP contribution in [-0.4, -0.2) is 55.2 Å². The molecule has 0 radical (unpaired) electrons. The summed E-state index contributed by atoms with van der Waals surface area (Å²) < 4.78 is 5.58. The molecule has 0 atom stereocenters. The molecule has 1 fully saturated rings. The first-order valence-corrected chi connectivity index (χ1v) is 8.75. The minimum absolute atomic E-state index is 0.0164. The fourth-order valence-electron chi connectivity index (χ4n) is 2.49.